The summed E-state index contributed by atoms with van der Waals surface area (Å²) in [5.41, 5.74) is 2.77. The molecule has 0 bridgehead atoms. The predicted octanol–water partition coefficient (Wildman–Crippen LogP) is 3.95. The van der Waals surface area contributed by atoms with Gasteiger partial charge in [0.2, 0.25) is 5.43 Å². The molecular weight excluding hydrogens is 388 g/mol. The summed E-state index contributed by atoms with van der Waals surface area (Å²) in [6, 6.07) is 14.3. The predicted molar refractivity (Wildman–Crippen MR) is 113 cm³/mol. The summed E-state index contributed by atoms with van der Waals surface area (Å²) in [6.07, 6.45) is 1.02. The molecular formula is C22H18N2O4S. The third kappa shape index (κ3) is 3.56. The van der Waals surface area contributed by atoms with Crippen LogP contribution < -0.4 is 11.0 Å². The molecule has 0 spiro atoms. The monoisotopic (exact) mass is 406 g/mol. The highest BCUT2D eigenvalue weighted by atomic mass is 32.2. The molecule has 0 aliphatic carbocycles. The summed E-state index contributed by atoms with van der Waals surface area (Å²) in [4.78, 5) is 29.7. The van der Waals surface area contributed by atoms with E-state index in [4.69, 9.17) is 9.40 Å². The number of aromatic nitrogens is 2. The lowest BCUT2D eigenvalue weighted by Gasteiger charge is -2.16. The van der Waals surface area contributed by atoms with Crippen molar-refractivity contribution in [1.82, 2.24) is 9.55 Å². The highest BCUT2D eigenvalue weighted by molar-refractivity contribution is 7.98. The Kier molecular flexibility index (Phi) is 4.98. The Bertz CT molecular complexity index is 1340. The van der Waals surface area contributed by atoms with Gasteiger partial charge in [-0.05, 0) is 43.2 Å². The average Bonchev–Trinajstić information content (AvgIpc) is 2.72. The van der Waals surface area contributed by atoms with Gasteiger partial charge in [-0.15, -0.1) is 0 Å². The van der Waals surface area contributed by atoms with Gasteiger partial charge in [-0.1, -0.05) is 36.0 Å². The lowest BCUT2D eigenvalue weighted by atomic mass is 10.1. The smallest absolute Gasteiger partial charge is 0.266 e. The van der Waals surface area contributed by atoms with Crippen molar-refractivity contribution >= 4 is 22.7 Å². The molecule has 4 aromatic rings. The fourth-order valence-electron chi connectivity index (χ4n) is 3.05. The molecule has 0 saturated carbocycles. The molecule has 0 unspecified atom stereocenters. The molecule has 0 radical (unpaired) electrons. The van der Waals surface area contributed by atoms with Crippen LogP contribution in [0.5, 0.6) is 5.75 Å². The number of fused-ring (bicyclic) bond motifs is 1. The van der Waals surface area contributed by atoms with E-state index in [9.17, 15) is 14.7 Å². The zero-order valence-corrected chi connectivity index (χ0v) is 16.7. The summed E-state index contributed by atoms with van der Waals surface area (Å²) < 4.78 is 6.89. The number of hydrogen-bond acceptors (Lipinski definition) is 6. The molecule has 2 aromatic heterocycles. The second-order valence-corrected chi connectivity index (χ2v) is 7.60. The normalized spacial score (nSPS) is 11.1. The van der Waals surface area contributed by atoms with Gasteiger partial charge in [-0.25, -0.2) is 4.98 Å². The standard InChI is InChI=1S/C22H18N2O4S/c1-13-6-5-9-18(14(13)2)24-21(27)16-7-3-4-8-17(16)23-22(24)29-12-15-10-19(25)20(26)11-28-15/h3-11,26H,12H2,1-2H3. The minimum Gasteiger partial charge on any atom is -0.502 e. The van der Waals surface area contributed by atoms with Gasteiger partial charge in [-0.2, -0.15) is 0 Å². The number of para-hydroxylation sites is 1. The van der Waals surface area contributed by atoms with Gasteiger partial charge in [-0.3, -0.25) is 14.2 Å². The zero-order valence-electron chi connectivity index (χ0n) is 15.9. The van der Waals surface area contributed by atoms with Crippen molar-refractivity contribution < 1.29 is 9.52 Å². The minimum absolute atomic E-state index is 0.154. The van der Waals surface area contributed by atoms with Crippen LogP contribution in [0.4, 0.5) is 0 Å². The van der Waals surface area contributed by atoms with E-state index in [2.05, 4.69) is 0 Å². The van der Waals surface area contributed by atoms with E-state index in [1.165, 1.54) is 17.8 Å². The van der Waals surface area contributed by atoms with E-state index in [-0.39, 0.29) is 11.3 Å². The largest absolute Gasteiger partial charge is 0.502 e. The molecule has 0 amide bonds. The summed E-state index contributed by atoms with van der Waals surface area (Å²) in [5.74, 6) is 0.230. The maximum atomic E-state index is 13.3. The Morgan fingerprint density at radius 1 is 1.10 bits per heavy atom. The van der Waals surface area contributed by atoms with E-state index in [0.717, 1.165) is 23.1 Å². The molecule has 4 rings (SSSR count). The first-order valence-corrected chi connectivity index (χ1v) is 9.96. The number of nitrogens with zero attached hydrogens (tertiary/aromatic N) is 2. The number of thioether (sulfide) groups is 1. The fraction of sp³-hybridized carbons (Fsp3) is 0.136. The Labute approximate surface area is 170 Å². The Morgan fingerprint density at radius 3 is 2.69 bits per heavy atom. The van der Waals surface area contributed by atoms with Crippen LogP contribution >= 0.6 is 11.8 Å². The highest BCUT2D eigenvalue weighted by Crippen LogP contribution is 2.26. The van der Waals surface area contributed by atoms with Crippen molar-refractivity contribution in [3.8, 4) is 11.4 Å². The van der Waals surface area contributed by atoms with Crippen molar-refractivity contribution in [1.29, 1.82) is 0 Å². The highest BCUT2D eigenvalue weighted by Gasteiger charge is 2.16. The van der Waals surface area contributed by atoms with Crippen LogP contribution in [0.15, 0.2) is 74.0 Å². The van der Waals surface area contributed by atoms with E-state index >= 15 is 0 Å². The first-order valence-electron chi connectivity index (χ1n) is 8.97. The zero-order chi connectivity index (χ0) is 20.5. The summed E-state index contributed by atoms with van der Waals surface area (Å²) in [6.45, 7) is 3.97. The lowest BCUT2D eigenvalue weighted by Crippen LogP contribution is -2.22. The molecule has 0 aliphatic heterocycles. The molecule has 1 N–H and O–H groups in total. The second kappa shape index (κ2) is 7.60. The molecule has 29 heavy (non-hydrogen) atoms. The first kappa shape index (κ1) is 19.0. The van der Waals surface area contributed by atoms with Crippen molar-refractivity contribution in [2.24, 2.45) is 0 Å². The van der Waals surface area contributed by atoms with Crippen LogP contribution in [-0.4, -0.2) is 14.7 Å². The number of aryl methyl sites for hydroxylation is 1. The Morgan fingerprint density at radius 2 is 1.90 bits per heavy atom. The number of hydrogen-bond donors (Lipinski definition) is 1. The summed E-state index contributed by atoms with van der Waals surface area (Å²) in [5, 5.41) is 10.4. The summed E-state index contributed by atoms with van der Waals surface area (Å²) in [7, 11) is 0. The molecule has 6 nitrogen and oxygen atoms in total. The van der Waals surface area contributed by atoms with E-state index in [1.807, 2.05) is 44.2 Å². The molecule has 2 aromatic carbocycles. The maximum Gasteiger partial charge on any atom is 0.266 e. The van der Waals surface area contributed by atoms with Crippen LogP contribution in [0.2, 0.25) is 0 Å². The van der Waals surface area contributed by atoms with Crippen LogP contribution in [-0.2, 0) is 5.75 Å². The van der Waals surface area contributed by atoms with E-state index in [0.29, 0.717) is 21.8 Å². The Balaban J connectivity index is 1.87. The Hall–Kier alpha value is -3.32. The SMILES string of the molecule is Cc1cccc(-n2c(SCc3cc(=O)c(O)co3)nc3ccccc3c2=O)c1C. The first-order chi connectivity index (χ1) is 14.0. The molecule has 2 heterocycles. The van der Waals surface area contributed by atoms with Crippen molar-refractivity contribution in [2.45, 2.75) is 24.8 Å². The molecule has 0 atom stereocenters. The van der Waals surface area contributed by atoms with Crippen LogP contribution in [0.3, 0.4) is 0 Å². The van der Waals surface area contributed by atoms with Gasteiger partial charge in [0.15, 0.2) is 10.9 Å². The molecule has 0 saturated heterocycles. The average molecular weight is 406 g/mol. The van der Waals surface area contributed by atoms with Crippen molar-refractivity contribution in [3.05, 3.63) is 92.3 Å². The molecule has 0 aliphatic rings. The molecule has 0 fully saturated rings. The maximum absolute atomic E-state index is 13.3. The fourth-order valence-corrected chi connectivity index (χ4v) is 3.95. The lowest BCUT2D eigenvalue weighted by molar-refractivity contribution is 0.419. The third-order valence-corrected chi connectivity index (χ3v) is 5.73. The van der Waals surface area contributed by atoms with Gasteiger partial charge in [0.05, 0.1) is 22.3 Å². The number of rotatable bonds is 4. The van der Waals surface area contributed by atoms with Gasteiger partial charge >= 0.3 is 0 Å². The second-order valence-electron chi connectivity index (χ2n) is 6.66. The quantitative estimate of drug-likeness (QED) is 0.408. The van der Waals surface area contributed by atoms with Crippen LogP contribution in [0.1, 0.15) is 16.9 Å². The van der Waals surface area contributed by atoms with Gasteiger partial charge in [0.1, 0.15) is 12.0 Å². The van der Waals surface area contributed by atoms with Gasteiger partial charge < -0.3 is 9.52 Å². The molecule has 7 heteroatoms. The van der Waals surface area contributed by atoms with E-state index in [1.54, 1.807) is 16.7 Å². The number of aromatic hydroxyl groups is 1. The van der Waals surface area contributed by atoms with E-state index < -0.39 is 11.2 Å². The topological polar surface area (TPSA) is 85.3 Å². The minimum atomic E-state index is -0.509. The third-order valence-electron chi connectivity index (χ3n) is 4.77. The molecule has 146 valence electrons. The van der Waals surface area contributed by atoms with Crippen LogP contribution in [0, 0.1) is 13.8 Å². The van der Waals surface area contributed by atoms with Crippen LogP contribution in [0.25, 0.3) is 16.6 Å². The van der Waals surface area contributed by atoms with Gasteiger partial charge in [0.25, 0.3) is 5.56 Å². The van der Waals surface area contributed by atoms with Crippen molar-refractivity contribution in [2.75, 3.05) is 0 Å². The summed E-state index contributed by atoms with van der Waals surface area (Å²) >= 11 is 1.29. The number of benzene rings is 2. The van der Waals surface area contributed by atoms with Crippen molar-refractivity contribution in [3.63, 3.8) is 0 Å². The van der Waals surface area contributed by atoms with Gasteiger partial charge in [0, 0.05) is 6.07 Å².